The summed E-state index contributed by atoms with van der Waals surface area (Å²) in [6.07, 6.45) is 4.17. The van der Waals surface area contributed by atoms with E-state index >= 15 is 0 Å². The molecule has 0 aliphatic rings. The number of aliphatic hydroxyl groups is 1. The number of aliphatic hydroxyl groups excluding tert-OH is 1. The summed E-state index contributed by atoms with van der Waals surface area (Å²) in [5, 5.41) is 8.98. The highest BCUT2D eigenvalue weighted by atomic mass is 16.5. The first-order chi connectivity index (χ1) is 10.2. The summed E-state index contributed by atoms with van der Waals surface area (Å²) in [4.78, 5) is 28.0. The zero-order valence-electron chi connectivity index (χ0n) is 12.3. The molecule has 116 valence electrons. The summed E-state index contributed by atoms with van der Waals surface area (Å²) < 4.78 is 5.29. The largest absolute Gasteiger partial charge is 0.462 e. The molecule has 1 aromatic rings. The van der Waals surface area contributed by atoms with Gasteiger partial charge in [-0.2, -0.15) is 9.59 Å². The van der Waals surface area contributed by atoms with Gasteiger partial charge in [0, 0.05) is 6.61 Å². The van der Waals surface area contributed by atoms with Crippen molar-refractivity contribution in [2.45, 2.75) is 32.6 Å². The SMILES string of the molecule is CCCCC(CCO)COC(=O)c1ccccc1.O=C=O. The number of hydrogen-bond donors (Lipinski definition) is 1. The van der Waals surface area contributed by atoms with Crippen LogP contribution < -0.4 is 0 Å². The van der Waals surface area contributed by atoms with Crippen molar-refractivity contribution in [2.24, 2.45) is 5.92 Å². The van der Waals surface area contributed by atoms with E-state index in [1.54, 1.807) is 12.1 Å². The Morgan fingerprint density at radius 1 is 1.24 bits per heavy atom. The molecule has 0 aliphatic carbocycles. The lowest BCUT2D eigenvalue weighted by Crippen LogP contribution is -2.15. The van der Waals surface area contributed by atoms with E-state index in [-0.39, 0.29) is 24.6 Å². The van der Waals surface area contributed by atoms with E-state index in [4.69, 9.17) is 19.4 Å². The Morgan fingerprint density at radius 3 is 2.38 bits per heavy atom. The summed E-state index contributed by atoms with van der Waals surface area (Å²) in [6.45, 7) is 2.68. The van der Waals surface area contributed by atoms with Crippen LogP contribution in [0.4, 0.5) is 0 Å². The maximum absolute atomic E-state index is 11.7. The first-order valence-electron chi connectivity index (χ1n) is 7.01. The van der Waals surface area contributed by atoms with Crippen molar-refractivity contribution < 1.29 is 24.2 Å². The summed E-state index contributed by atoms with van der Waals surface area (Å²) in [7, 11) is 0. The van der Waals surface area contributed by atoms with E-state index < -0.39 is 0 Å². The smallest absolute Gasteiger partial charge is 0.373 e. The molecule has 0 amide bonds. The highest BCUT2D eigenvalue weighted by Gasteiger charge is 2.12. The monoisotopic (exact) mass is 294 g/mol. The molecule has 1 N–H and O–H groups in total. The van der Waals surface area contributed by atoms with Crippen LogP contribution in [-0.4, -0.2) is 30.4 Å². The quantitative estimate of drug-likeness (QED) is 0.745. The van der Waals surface area contributed by atoms with Crippen molar-refractivity contribution >= 4 is 12.1 Å². The summed E-state index contributed by atoms with van der Waals surface area (Å²) in [6, 6.07) is 9.00. The average Bonchev–Trinajstić information content (AvgIpc) is 2.51. The van der Waals surface area contributed by atoms with Crippen LogP contribution in [0.2, 0.25) is 0 Å². The molecule has 1 atom stereocenters. The Bertz CT molecular complexity index is 410. The highest BCUT2D eigenvalue weighted by Crippen LogP contribution is 2.14. The predicted octanol–water partition coefficient (Wildman–Crippen LogP) is 2.45. The van der Waals surface area contributed by atoms with Crippen molar-refractivity contribution in [3.63, 3.8) is 0 Å². The van der Waals surface area contributed by atoms with Crippen LogP contribution in [0.15, 0.2) is 30.3 Å². The first kappa shape index (κ1) is 19.0. The van der Waals surface area contributed by atoms with Crippen molar-refractivity contribution in [3.05, 3.63) is 35.9 Å². The van der Waals surface area contributed by atoms with E-state index in [2.05, 4.69) is 6.92 Å². The molecule has 5 heteroatoms. The molecule has 0 saturated heterocycles. The van der Waals surface area contributed by atoms with Gasteiger partial charge in [-0.3, -0.25) is 0 Å². The standard InChI is InChI=1S/C15H22O3.CO2/c1-2-3-7-13(10-11-16)12-18-15(17)14-8-5-4-6-9-14;2-1-3/h4-6,8-9,13,16H,2-3,7,10-12H2,1H3;. The zero-order chi connectivity index (χ0) is 15.9. The molecule has 0 spiro atoms. The molecule has 0 saturated carbocycles. The van der Waals surface area contributed by atoms with Gasteiger partial charge >= 0.3 is 12.1 Å². The fourth-order valence-corrected chi connectivity index (χ4v) is 1.84. The van der Waals surface area contributed by atoms with Crippen LogP contribution in [0.1, 0.15) is 43.0 Å². The molecule has 0 bridgehead atoms. The lowest BCUT2D eigenvalue weighted by Gasteiger charge is -2.15. The van der Waals surface area contributed by atoms with Gasteiger partial charge in [0.25, 0.3) is 0 Å². The minimum absolute atomic E-state index is 0.150. The molecule has 5 nitrogen and oxygen atoms in total. The minimum Gasteiger partial charge on any atom is -0.462 e. The van der Waals surface area contributed by atoms with Gasteiger partial charge in [-0.15, -0.1) is 0 Å². The third kappa shape index (κ3) is 9.55. The molecular formula is C16H22O5. The summed E-state index contributed by atoms with van der Waals surface area (Å²) in [5.41, 5.74) is 0.579. The molecule has 1 aromatic carbocycles. The molecule has 0 aliphatic heterocycles. The van der Waals surface area contributed by atoms with Gasteiger partial charge in [0.2, 0.25) is 0 Å². The van der Waals surface area contributed by atoms with E-state index in [0.717, 1.165) is 19.3 Å². The topological polar surface area (TPSA) is 80.7 Å². The van der Waals surface area contributed by atoms with E-state index in [9.17, 15) is 4.79 Å². The van der Waals surface area contributed by atoms with Gasteiger partial charge < -0.3 is 9.84 Å². The fourth-order valence-electron chi connectivity index (χ4n) is 1.84. The van der Waals surface area contributed by atoms with Crippen molar-refractivity contribution in [3.8, 4) is 0 Å². The zero-order valence-corrected chi connectivity index (χ0v) is 12.3. The Hall–Kier alpha value is -1.97. The van der Waals surface area contributed by atoms with Crippen LogP contribution in [0, 0.1) is 5.92 Å². The predicted molar refractivity (Wildman–Crippen MR) is 76.4 cm³/mol. The molecular weight excluding hydrogens is 272 g/mol. The third-order valence-corrected chi connectivity index (χ3v) is 2.96. The maximum Gasteiger partial charge on any atom is 0.373 e. The van der Waals surface area contributed by atoms with Gasteiger partial charge in [0.1, 0.15) is 0 Å². The van der Waals surface area contributed by atoms with Gasteiger partial charge in [-0.1, -0.05) is 38.0 Å². The maximum atomic E-state index is 11.7. The number of hydrogen-bond acceptors (Lipinski definition) is 5. The Labute approximate surface area is 124 Å². The van der Waals surface area contributed by atoms with E-state index in [0.29, 0.717) is 18.6 Å². The lowest BCUT2D eigenvalue weighted by molar-refractivity contribution is -0.191. The second-order valence-electron chi connectivity index (χ2n) is 4.57. The number of unbranched alkanes of at least 4 members (excludes halogenated alkanes) is 1. The second kappa shape index (κ2) is 13.0. The normalized spacial score (nSPS) is 10.8. The Balaban J connectivity index is 0.00000122. The van der Waals surface area contributed by atoms with Crippen molar-refractivity contribution in [1.29, 1.82) is 0 Å². The molecule has 1 unspecified atom stereocenters. The lowest BCUT2D eigenvalue weighted by atomic mass is 10.00. The van der Waals surface area contributed by atoms with Gasteiger partial charge in [-0.25, -0.2) is 4.79 Å². The van der Waals surface area contributed by atoms with E-state index in [1.165, 1.54) is 0 Å². The molecule has 0 aromatic heterocycles. The van der Waals surface area contributed by atoms with Crippen LogP contribution in [0.3, 0.4) is 0 Å². The number of esters is 1. The van der Waals surface area contributed by atoms with E-state index in [1.807, 2.05) is 18.2 Å². The second-order valence-corrected chi connectivity index (χ2v) is 4.57. The van der Waals surface area contributed by atoms with Crippen molar-refractivity contribution in [1.82, 2.24) is 0 Å². The van der Waals surface area contributed by atoms with Gasteiger partial charge in [0.15, 0.2) is 0 Å². The highest BCUT2D eigenvalue weighted by molar-refractivity contribution is 5.89. The summed E-state index contributed by atoms with van der Waals surface area (Å²) >= 11 is 0. The Kier molecular flexibility index (Phi) is 11.8. The molecule has 1 rings (SSSR count). The fraction of sp³-hybridized carbons (Fsp3) is 0.500. The molecule has 0 fully saturated rings. The molecule has 21 heavy (non-hydrogen) atoms. The average molecular weight is 294 g/mol. The molecule has 0 heterocycles. The summed E-state index contributed by atoms with van der Waals surface area (Å²) in [5.74, 6) is -0.0161. The number of carbonyl (C=O) groups excluding carboxylic acids is 3. The van der Waals surface area contributed by atoms with Crippen LogP contribution >= 0.6 is 0 Å². The van der Waals surface area contributed by atoms with Crippen molar-refractivity contribution in [2.75, 3.05) is 13.2 Å². The number of carbonyl (C=O) groups is 1. The number of benzene rings is 1. The number of ether oxygens (including phenoxy) is 1. The van der Waals surface area contributed by atoms with Crippen LogP contribution in [0.25, 0.3) is 0 Å². The Morgan fingerprint density at radius 2 is 1.86 bits per heavy atom. The first-order valence-corrected chi connectivity index (χ1v) is 7.01. The van der Waals surface area contributed by atoms with Gasteiger partial charge in [0.05, 0.1) is 12.2 Å². The van der Waals surface area contributed by atoms with Gasteiger partial charge in [-0.05, 0) is 30.9 Å². The van der Waals surface area contributed by atoms with Crippen LogP contribution in [0.5, 0.6) is 0 Å². The third-order valence-electron chi connectivity index (χ3n) is 2.96. The molecule has 0 radical (unpaired) electrons. The number of rotatable bonds is 8. The minimum atomic E-state index is -0.282. The van der Waals surface area contributed by atoms with Crippen LogP contribution in [-0.2, 0) is 14.3 Å².